The Morgan fingerprint density at radius 1 is 0.714 bits per heavy atom. The van der Waals surface area contributed by atoms with E-state index in [0.29, 0.717) is 0 Å². The summed E-state index contributed by atoms with van der Waals surface area (Å²) in [6, 6.07) is 0. The van der Waals surface area contributed by atoms with Crippen molar-refractivity contribution in [2.45, 2.75) is 0 Å². The van der Waals surface area contributed by atoms with Crippen LogP contribution in [0.2, 0.25) is 0 Å². The maximum Gasteiger partial charge on any atom is 0.327 e. The van der Waals surface area contributed by atoms with Gasteiger partial charge in [0.25, 0.3) is 0 Å². The number of hydrogen-bond acceptors (Lipinski definition) is 6. The largest absolute Gasteiger partial charge is 0.327 e. The van der Waals surface area contributed by atoms with Crippen molar-refractivity contribution in [3.8, 4) is 0 Å². The minimum Gasteiger partial charge on any atom is -0.306 e. The summed E-state index contributed by atoms with van der Waals surface area (Å²) in [7, 11) is -5.99. The highest BCUT2D eigenvalue weighted by atomic mass is 31.2. The minimum atomic E-state index is -3.00. The van der Waals surface area contributed by atoms with Crippen molar-refractivity contribution in [1.29, 1.82) is 0 Å². The Kier molecular flexibility index (Phi) is 4.31. The van der Waals surface area contributed by atoms with Gasteiger partial charge in [0.2, 0.25) is 0 Å². The third-order valence-corrected chi connectivity index (χ3v) is 4.08. The van der Waals surface area contributed by atoms with Gasteiger partial charge < -0.3 is 18.1 Å². The van der Waals surface area contributed by atoms with Crippen molar-refractivity contribution < 1.29 is 27.2 Å². The lowest BCUT2D eigenvalue weighted by Crippen LogP contribution is -2.10. The van der Waals surface area contributed by atoms with Crippen LogP contribution in [0.1, 0.15) is 0 Å². The molecule has 0 aromatic rings. The Balaban J connectivity index is 2.51. The molecule has 0 aromatic carbocycles. The third kappa shape index (κ3) is 4.69. The Morgan fingerprint density at radius 3 is 1.14 bits per heavy atom. The van der Waals surface area contributed by atoms with E-state index in [0.717, 1.165) is 0 Å². The van der Waals surface area contributed by atoms with Crippen LogP contribution in [0.5, 0.6) is 0 Å². The lowest BCUT2D eigenvalue weighted by molar-refractivity contribution is 0.115. The van der Waals surface area contributed by atoms with Gasteiger partial charge in [0.05, 0.1) is 26.4 Å². The maximum absolute atomic E-state index is 11.4. The fourth-order valence-electron chi connectivity index (χ4n) is 0.887. The SMILES string of the molecule is CP1(=O)OCCOP(C)(=O)OCCO1. The summed E-state index contributed by atoms with van der Waals surface area (Å²) in [5.74, 6) is 0. The smallest absolute Gasteiger partial charge is 0.306 e. The molecule has 0 aromatic heterocycles. The monoisotopic (exact) mass is 244 g/mol. The zero-order chi connectivity index (χ0) is 10.7. The fraction of sp³-hybridized carbons (Fsp3) is 1.00. The Morgan fingerprint density at radius 2 is 0.929 bits per heavy atom. The van der Waals surface area contributed by atoms with Gasteiger partial charge in [-0.2, -0.15) is 0 Å². The lowest BCUT2D eigenvalue weighted by atomic mass is 10.8. The van der Waals surface area contributed by atoms with Crippen molar-refractivity contribution in [3.63, 3.8) is 0 Å². The van der Waals surface area contributed by atoms with Crippen molar-refractivity contribution >= 4 is 15.2 Å². The van der Waals surface area contributed by atoms with Crippen LogP contribution in [0.15, 0.2) is 0 Å². The first-order chi connectivity index (χ1) is 6.41. The summed E-state index contributed by atoms with van der Waals surface area (Å²) in [4.78, 5) is 0. The first-order valence-corrected chi connectivity index (χ1v) is 8.12. The molecule has 0 amide bonds. The van der Waals surface area contributed by atoms with Gasteiger partial charge in [-0.3, -0.25) is 9.13 Å². The average Bonchev–Trinajstić information content (AvgIpc) is 2.07. The fourth-order valence-corrected chi connectivity index (χ4v) is 2.66. The van der Waals surface area contributed by atoms with Crippen LogP contribution < -0.4 is 0 Å². The highest BCUT2D eigenvalue weighted by Crippen LogP contribution is 2.47. The molecule has 1 rings (SSSR count). The van der Waals surface area contributed by atoms with Crippen LogP contribution in [0.4, 0.5) is 0 Å². The quantitative estimate of drug-likeness (QED) is 0.604. The predicted octanol–water partition coefficient (Wildman–Crippen LogP) is 1.71. The van der Waals surface area contributed by atoms with Gasteiger partial charge in [-0.25, -0.2) is 0 Å². The molecule has 0 aliphatic carbocycles. The third-order valence-electron chi connectivity index (χ3n) is 1.47. The molecular weight excluding hydrogens is 230 g/mol. The molecule has 0 radical (unpaired) electrons. The molecule has 0 saturated carbocycles. The molecule has 84 valence electrons. The Bertz CT molecular complexity index is 229. The molecule has 0 bridgehead atoms. The molecule has 1 heterocycles. The van der Waals surface area contributed by atoms with Crippen LogP contribution in [0, 0.1) is 0 Å². The van der Waals surface area contributed by atoms with Crippen molar-refractivity contribution in [3.05, 3.63) is 0 Å². The zero-order valence-corrected chi connectivity index (χ0v) is 9.96. The van der Waals surface area contributed by atoms with Gasteiger partial charge in [0.1, 0.15) is 0 Å². The Hall–Kier alpha value is 0.300. The van der Waals surface area contributed by atoms with Gasteiger partial charge in [0.15, 0.2) is 0 Å². The number of hydrogen-bond donors (Lipinski definition) is 0. The zero-order valence-electron chi connectivity index (χ0n) is 8.17. The molecule has 1 aliphatic rings. The summed E-state index contributed by atoms with van der Waals surface area (Å²) in [6.45, 7) is 3.06. The molecule has 8 heteroatoms. The Labute approximate surface area is 82.9 Å². The van der Waals surface area contributed by atoms with E-state index >= 15 is 0 Å². The molecule has 6 nitrogen and oxygen atoms in total. The van der Waals surface area contributed by atoms with E-state index in [1.165, 1.54) is 13.3 Å². The molecule has 14 heavy (non-hydrogen) atoms. The van der Waals surface area contributed by atoms with Gasteiger partial charge in [0, 0.05) is 13.3 Å². The van der Waals surface area contributed by atoms with Crippen LogP contribution in [0.25, 0.3) is 0 Å². The van der Waals surface area contributed by atoms with E-state index in [1.807, 2.05) is 0 Å². The molecule has 1 saturated heterocycles. The molecule has 1 fully saturated rings. The van der Waals surface area contributed by atoms with Crippen LogP contribution in [-0.4, -0.2) is 39.8 Å². The van der Waals surface area contributed by atoms with Crippen molar-refractivity contribution in [2.24, 2.45) is 0 Å². The second-order valence-corrected chi connectivity index (χ2v) is 6.99. The lowest BCUT2D eigenvalue weighted by Gasteiger charge is -2.19. The van der Waals surface area contributed by atoms with E-state index in [4.69, 9.17) is 18.1 Å². The first kappa shape index (κ1) is 12.4. The summed E-state index contributed by atoms with van der Waals surface area (Å²) in [5, 5.41) is 0. The maximum atomic E-state index is 11.4. The predicted molar refractivity (Wildman–Crippen MR) is 50.9 cm³/mol. The second kappa shape index (κ2) is 4.88. The summed E-state index contributed by atoms with van der Waals surface area (Å²) in [5.41, 5.74) is 0. The van der Waals surface area contributed by atoms with E-state index in [2.05, 4.69) is 0 Å². The molecule has 1 aliphatic heterocycles. The van der Waals surface area contributed by atoms with Gasteiger partial charge in [-0.1, -0.05) is 0 Å². The molecule has 0 N–H and O–H groups in total. The highest BCUT2D eigenvalue weighted by molar-refractivity contribution is 7.53. The van der Waals surface area contributed by atoms with Crippen molar-refractivity contribution in [1.82, 2.24) is 0 Å². The van der Waals surface area contributed by atoms with Crippen LogP contribution in [-0.2, 0) is 27.2 Å². The molecular formula is C6H14O6P2. The molecule has 0 spiro atoms. The average molecular weight is 244 g/mol. The molecule has 0 unspecified atom stereocenters. The van der Waals surface area contributed by atoms with Crippen LogP contribution >= 0.6 is 15.2 Å². The summed E-state index contributed by atoms with van der Waals surface area (Å²) >= 11 is 0. The number of rotatable bonds is 0. The summed E-state index contributed by atoms with van der Waals surface area (Å²) < 4.78 is 42.5. The second-order valence-electron chi connectivity index (χ2n) is 2.88. The van der Waals surface area contributed by atoms with Crippen molar-refractivity contribution in [2.75, 3.05) is 39.8 Å². The standard InChI is InChI=1S/C6H14O6P2/c1-13(7)9-3-5-11-14(2,8)12-6-4-10-13/h3-6H2,1-2H3. The highest BCUT2D eigenvalue weighted by Gasteiger charge is 2.22. The van der Waals surface area contributed by atoms with E-state index in [9.17, 15) is 9.13 Å². The topological polar surface area (TPSA) is 71.1 Å². The first-order valence-electron chi connectivity index (χ1n) is 4.14. The normalized spacial score (nSPS) is 41.9. The van der Waals surface area contributed by atoms with Gasteiger partial charge >= 0.3 is 15.2 Å². The molecule has 0 atom stereocenters. The van der Waals surface area contributed by atoms with Gasteiger partial charge in [-0.15, -0.1) is 0 Å². The van der Waals surface area contributed by atoms with Gasteiger partial charge in [-0.05, 0) is 0 Å². The minimum absolute atomic E-state index is 0.0783. The van der Waals surface area contributed by atoms with Crippen LogP contribution in [0.3, 0.4) is 0 Å². The van der Waals surface area contributed by atoms with E-state index in [1.54, 1.807) is 0 Å². The van der Waals surface area contributed by atoms with E-state index in [-0.39, 0.29) is 26.4 Å². The summed E-state index contributed by atoms with van der Waals surface area (Å²) in [6.07, 6.45) is 0. The van der Waals surface area contributed by atoms with E-state index < -0.39 is 15.2 Å².